The van der Waals surface area contributed by atoms with Crippen LogP contribution in [0, 0.1) is 0 Å². The second-order valence-corrected chi connectivity index (χ2v) is 4.15. The summed E-state index contributed by atoms with van der Waals surface area (Å²) in [5, 5.41) is 2.11. The Balaban J connectivity index is 2.04. The molecule has 1 aliphatic rings. The number of rotatable bonds is 2. The fourth-order valence-electron chi connectivity index (χ4n) is 1.10. The van der Waals surface area contributed by atoms with Gasteiger partial charge < -0.3 is 5.73 Å². The van der Waals surface area contributed by atoms with E-state index in [1.807, 2.05) is 11.3 Å². The molecule has 1 heterocycles. The molecule has 2 heteroatoms. The van der Waals surface area contributed by atoms with Crippen LogP contribution >= 0.6 is 11.3 Å². The Morgan fingerprint density at radius 2 is 2.40 bits per heavy atom. The van der Waals surface area contributed by atoms with Crippen molar-refractivity contribution in [2.24, 2.45) is 5.73 Å². The lowest BCUT2D eigenvalue weighted by molar-refractivity contribution is 0.679. The second kappa shape index (κ2) is 2.07. The zero-order valence-corrected chi connectivity index (χ0v) is 6.66. The maximum Gasteiger partial charge on any atom is 0.0204 e. The Bertz CT molecular complexity index is 211. The van der Waals surface area contributed by atoms with Crippen LogP contribution in [0.3, 0.4) is 0 Å². The summed E-state index contributed by atoms with van der Waals surface area (Å²) in [5.74, 6) is 0. The van der Waals surface area contributed by atoms with Crippen LogP contribution in [0.2, 0.25) is 0 Å². The summed E-state index contributed by atoms with van der Waals surface area (Å²) in [4.78, 5) is 1.43. The van der Waals surface area contributed by atoms with Crippen LogP contribution in [-0.2, 0) is 6.42 Å². The first-order valence-corrected chi connectivity index (χ1v) is 4.48. The molecule has 2 rings (SSSR count). The molecule has 0 aromatic carbocycles. The average molecular weight is 153 g/mol. The predicted molar refractivity (Wildman–Crippen MR) is 44.2 cm³/mol. The lowest BCUT2D eigenvalue weighted by atomic mass is 10.2. The quantitative estimate of drug-likeness (QED) is 0.688. The monoisotopic (exact) mass is 153 g/mol. The standard InChI is InChI=1S/C8H11NS/c9-8(3-4-8)6-7-2-1-5-10-7/h1-2,5H,3-4,6,9H2. The van der Waals surface area contributed by atoms with Crippen LogP contribution in [0.5, 0.6) is 0 Å². The first kappa shape index (κ1) is 6.38. The van der Waals surface area contributed by atoms with Crippen molar-refractivity contribution in [3.63, 3.8) is 0 Å². The van der Waals surface area contributed by atoms with E-state index in [-0.39, 0.29) is 5.54 Å². The van der Waals surface area contributed by atoms with Crippen molar-refractivity contribution in [1.29, 1.82) is 0 Å². The van der Waals surface area contributed by atoms with Crippen molar-refractivity contribution in [2.75, 3.05) is 0 Å². The number of hydrogen-bond donors (Lipinski definition) is 1. The summed E-state index contributed by atoms with van der Waals surface area (Å²) in [6.07, 6.45) is 3.51. The van der Waals surface area contributed by atoms with Gasteiger partial charge in [0.25, 0.3) is 0 Å². The van der Waals surface area contributed by atoms with Crippen LogP contribution in [0.15, 0.2) is 17.5 Å². The maximum absolute atomic E-state index is 5.94. The van der Waals surface area contributed by atoms with Gasteiger partial charge >= 0.3 is 0 Å². The van der Waals surface area contributed by atoms with E-state index in [0.29, 0.717) is 0 Å². The number of thiophene rings is 1. The smallest absolute Gasteiger partial charge is 0.0204 e. The number of nitrogens with two attached hydrogens (primary N) is 1. The molecule has 1 aliphatic carbocycles. The molecule has 1 aromatic rings. The van der Waals surface area contributed by atoms with E-state index < -0.39 is 0 Å². The summed E-state index contributed by atoms with van der Waals surface area (Å²) in [6.45, 7) is 0. The molecule has 1 aromatic heterocycles. The summed E-state index contributed by atoms with van der Waals surface area (Å²) in [6, 6.07) is 4.25. The average Bonchev–Trinajstić information content (AvgIpc) is 2.47. The van der Waals surface area contributed by atoms with Gasteiger partial charge in [-0.15, -0.1) is 11.3 Å². The van der Waals surface area contributed by atoms with Crippen LogP contribution in [-0.4, -0.2) is 5.54 Å². The topological polar surface area (TPSA) is 26.0 Å². The molecule has 1 saturated carbocycles. The van der Waals surface area contributed by atoms with Crippen molar-refractivity contribution >= 4 is 11.3 Å². The van der Waals surface area contributed by atoms with Gasteiger partial charge in [-0.25, -0.2) is 0 Å². The van der Waals surface area contributed by atoms with Gasteiger partial charge in [-0.05, 0) is 30.7 Å². The molecule has 1 nitrogen and oxygen atoms in total. The molecule has 0 amide bonds. The first-order valence-electron chi connectivity index (χ1n) is 3.60. The molecule has 0 aliphatic heterocycles. The number of hydrogen-bond acceptors (Lipinski definition) is 2. The molecule has 0 atom stereocenters. The third kappa shape index (κ3) is 1.22. The fraction of sp³-hybridized carbons (Fsp3) is 0.500. The van der Waals surface area contributed by atoms with E-state index in [0.717, 1.165) is 6.42 Å². The van der Waals surface area contributed by atoms with Gasteiger partial charge in [-0.2, -0.15) is 0 Å². The zero-order valence-electron chi connectivity index (χ0n) is 5.84. The van der Waals surface area contributed by atoms with Crippen LogP contribution in [0.1, 0.15) is 17.7 Å². The van der Waals surface area contributed by atoms with Gasteiger partial charge in [0.1, 0.15) is 0 Å². The Hall–Kier alpha value is -0.340. The summed E-state index contributed by atoms with van der Waals surface area (Å²) in [5.41, 5.74) is 6.13. The molecule has 1 fully saturated rings. The predicted octanol–water partition coefficient (Wildman–Crippen LogP) is 1.78. The Labute approximate surface area is 64.9 Å². The summed E-state index contributed by atoms with van der Waals surface area (Å²) in [7, 11) is 0. The molecule has 10 heavy (non-hydrogen) atoms. The van der Waals surface area contributed by atoms with Gasteiger partial charge in [-0.1, -0.05) is 6.07 Å². The minimum absolute atomic E-state index is 0.185. The highest BCUT2D eigenvalue weighted by Crippen LogP contribution is 2.36. The molecule has 0 saturated heterocycles. The largest absolute Gasteiger partial charge is 0.325 e. The van der Waals surface area contributed by atoms with Crippen molar-refractivity contribution < 1.29 is 0 Å². The van der Waals surface area contributed by atoms with Crippen LogP contribution < -0.4 is 5.73 Å². The molecular weight excluding hydrogens is 142 g/mol. The molecular formula is C8H11NS. The zero-order chi connectivity index (χ0) is 7.03. The van der Waals surface area contributed by atoms with E-state index >= 15 is 0 Å². The Kier molecular flexibility index (Phi) is 1.32. The molecule has 0 radical (unpaired) electrons. The van der Waals surface area contributed by atoms with E-state index in [1.165, 1.54) is 17.7 Å². The highest BCUT2D eigenvalue weighted by molar-refractivity contribution is 7.09. The second-order valence-electron chi connectivity index (χ2n) is 3.12. The minimum atomic E-state index is 0.185. The highest BCUT2D eigenvalue weighted by atomic mass is 32.1. The van der Waals surface area contributed by atoms with Gasteiger partial charge in [-0.3, -0.25) is 0 Å². The van der Waals surface area contributed by atoms with Crippen molar-refractivity contribution in [1.82, 2.24) is 0 Å². The molecule has 0 spiro atoms. The minimum Gasteiger partial charge on any atom is -0.325 e. The van der Waals surface area contributed by atoms with E-state index in [9.17, 15) is 0 Å². The van der Waals surface area contributed by atoms with E-state index in [4.69, 9.17) is 5.73 Å². The van der Waals surface area contributed by atoms with Crippen LogP contribution in [0.25, 0.3) is 0 Å². The van der Waals surface area contributed by atoms with Crippen molar-refractivity contribution in [2.45, 2.75) is 24.8 Å². The van der Waals surface area contributed by atoms with Gasteiger partial charge in [0.2, 0.25) is 0 Å². The third-order valence-electron chi connectivity index (χ3n) is 2.00. The Morgan fingerprint density at radius 1 is 1.60 bits per heavy atom. The van der Waals surface area contributed by atoms with E-state index in [2.05, 4.69) is 17.5 Å². The third-order valence-corrected chi connectivity index (χ3v) is 2.88. The van der Waals surface area contributed by atoms with Gasteiger partial charge in [0.05, 0.1) is 0 Å². The molecule has 2 N–H and O–H groups in total. The van der Waals surface area contributed by atoms with Crippen molar-refractivity contribution in [3.05, 3.63) is 22.4 Å². The van der Waals surface area contributed by atoms with Crippen LogP contribution in [0.4, 0.5) is 0 Å². The maximum atomic E-state index is 5.94. The molecule has 0 bridgehead atoms. The summed E-state index contributed by atoms with van der Waals surface area (Å²) >= 11 is 1.81. The highest BCUT2D eigenvalue weighted by Gasteiger charge is 2.38. The fourth-order valence-corrected chi connectivity index (χ4v) is 1.96. The first-order chi connectivity index (χ1) is 4.79. The molecule has 54 valence electrons. The Morgan fingerprint density at radius 3 is 2.90 bits per heavy atom. The van der Waals surface area contributed by atoms with Crippen molar-refractivity contribution in [3.8, 4) is 0 Å². The van der Waals surface area contributed by atoms with E-state index in [1.54, 1.807) is 0 Å². The normalized spacial score (nSPS) is 20.9. The SMILES string of the molecule is NC1(Cc2cccs2)CC1. The molecule has 0 unspecified atom stereocenters. The lowest BCUT2D eigenvalue weighted by Crippen LogP contribution is -2.23. The van der Waals surface area contributed by atoms with Gasteiger partial charge in [0, 0.05) is 10.4 Å². The van der Waals surface area contributed by atoms with Gasteiger partial charge in [0.15, 0.2) is 0 Å². The summed E-state index contributed by atoms with van der Waals surface area (Å²) < 4.78 is 0. The lowest BCUT2D eigenvalue weighted by Gasteiger charge is -2.03.